The number of likely N-dealkylation sites (tertiary alicyclic amines) is 1. The maximum atomic E-state index is 15.8. The van der Waals surface area contributed by atoms with Crippen molar-refractivity contribution < 1.29 is 32.7 Å². The lowest BCUT2D eigenvalue weighted by Crippen LogP contribution is -2.72. The predicted octanol–water partition coefficient (Wildman–Crippen LogP) is 8.49. The summed E-state index contributed by atoms with van der Waals surface area (Å²) in [5.41, 5.74) is -2.74. The zero-order valence-corrected chi connectivity index (χ0v) is 34.3. The Hall–Kier alpha value is -4.42. The van der Waals surface area contributed by atoms with Crippen LogP contribution in [-0.4, -0.2) is 77.7 Å². The molecule has 8 rings (SSSR count). The van der Waals surface area contributed by atoms with Gasteiger partial charge in [-0.15, -0.1) is 0 Å². The molecule has 1 saturated heterocycles. The van der Waals surface area contributed by atoms with Crippen LogP contribution in [0, 0.1) is 17.2 Å². The topological polar surface area (TPSA) is 102 Å². The Labute approximate surface area is 352 Å². The van der Waals surface area contributed by atoms with Gasteiger partial charge in [-0.2, -0.15) is 0 Å². The fourth-order valence-electron chi connectivity index (χ4n) is 11.1. The molecule has 3 N–H and O–H groups in total. The van der Waals surface area contributed by atoms with E-state index in [-0.39, 0.29) is 41.3 Å². The molecule has 59 heavy (non-hydrogen) atoms. The van der Waals surface area contributed by atoms with Crippen LogP contribution in [0.25, 0.3) is 0 Å². The molecule has 0 radical (unpaired) electrons. The molecule has 0 bridgehead atoms. The van der Waals surface area contributed by atoms with Crippen molar-refractivity contribution in [2.75, 3.05) is 32.8 Å². The monoisotopic (exact) mass is 846 g/mol. The van der Waals surface area contributed by atoms with Gasteiger partial charge >= 0.3 is 0 Å². The second-order valence-corrected chi connectivity index (χ2v) is 18.0. The van der Waals surface area contributed by atoms with Gasteiger partial charge in [-0.25, -0.2) is 4.39 Å². The number of benzene rings is 4. The van der Waals surface area contributed by atoms with Crippen molar-refractivity contribution >= 4 is 46.6 Å². The van der Waals surface area contributed by atoms with Crippen LogP contribution in [-0.2, 0) is 19.8 Å². The Balaban J connectivity index is 1.41. The third kappa shape index (κ3) is 6.73. The molecule has 3 amide bonds. The minimum Gasteiger partial charge on any atom is -0.386 e. The highest BCUT2D eigenvalue weighted by Crippen LogP contribution is 2.74. The van der Waals surface area contributed by atoms with Gasteiger partial charge in [0, 0.05) is 58.7 Å². The molecular formula is C46H47Cl2F3N4O4. The van der Waals surface area contributed by atoms with Gasteiger partial charge in [0.25, 0.3) is 0 Å². The first-order valence-electron chi connectivity index (χ1n) is 20.1. The highest BCUT2D eigenvalue weighted by molar-refractivity contribution is 6.31. The number of fused-ring (bicyclic) bond motifs is 3. The molecule has 4 aliphatic rings. The van der Waals surface area contributed by atoms with Gasteiger partial charge in [0.1, 0.15) is 11.2 Å². The summed E-state index contributed by atoms with van der Waals surface area (Å²) in [4.78, 5) is 47.5. The van der Waals surface area contributed by atoms with Crippen molar-refractivity contribution in [3.05, 3.63) is 135 Å². The third-order valence-corrected chi connectivity index (χ3v) is 13.9. The van der Waals surface area contributed by atoms with E-state index < -0.39 is 71.5 Å². The lowest BCUT2D eigenvalue weighted by Gasteiger charge is -2.63. The second kappa shape index (κ2) is 15.9. The first kappa shape index (κ1) is 41.3. The predicted molar refractivity (Wildman–Crippen MR) is 221 cm³/mol. The molecular weight excluding hydrogens is 800 g/mol. The summed E-state index contributed by atoms with van der Waals surface area (Å²) in [6, 6.07) is 24.0. The highest BCUT2D eigenvalue weighted by atomic mass is 35.5. The molecule has 0 aromatic heterocycles. The number of hydrogen-bond acceptors (Lipinski definition) is 5. The van der Waals surface area contributed by atoms with E-state index >= 15 is 22.8 Å². The number of carbonyl (C=O) groups excluding carboxylic acids is 3. The lowest BCUT2D eigenvalue weighted by atomic mass is 9.45. The largest absolute Gasteiger partial charge is 0.386 e. The summed E-state index contributed by atoms with van der Waals surface area (Å²) in [6.07, 6.45) is 0.322. The number of aliphatic hydroxyl groups is 1. The van der Waals surface area contributed by atoms with E-state index in [9.17, 15) is 9.90 Å². The number of amides is 3. The Bertz CT molecular complexity index is 2210. The van der Waals surface area contributed by atoms with Crippen LogP contribution in [0.3, 0.4) is 0 Å². The van der Waals surface area contributed by atoms with E-state index in [4.69, 9.17) is 23.2 Å². The van der Waals surface area contributed by atoms with Crippen LogP contribution in [0.2, 0.25) is 10.0 Å². The minimum absolute atomic E-state index is 0.0180. The number of rotatable bonds is 10. The molecule has 310 valence electrons. The molecule has 4 aromatic rings. The number of carbonyl (C=O) groups is 3. The van der Waals surface area contributed by atoms with Gasteiger partial charge in [-0.1, -0.05) is 89.9 Å². The number of alkyl halides is 2. The van der Waals surface area contributed by atoms with Crippen LogP contribution in [0.1, 0.15) is 78.8 Å². The van der Waals surface area contributed by atoms with Gasteiger partial charge in [0.05, 0.1) is 31.5 Å². The summed E-state index contributed by atoms with van der Waals surface area (Å²) >= 11 is 13.1. The Morgan fingerprint density at radius 1 is 0.881 bits per heavy atom. The molecule has 2 saturated carbocycles. The van der Waals surface area contributed by atoms with Crippen LogP contribution < -0.4 is 10.6 Å². The number of halogens is 5. The van der Waals surface area contributed by atoms with Crippen molar-refractivity contribution in [2.45, 2.75) is 79.6 Å². The van der Waals surface area contributed by atoms with Crippen LogP contribution in [0.5, 0.6) is 0 Å². The highest BCUT2D eigenvalue weighted by Gasteiger charge is 2.81. The maximum absolute atomic E-state index is 15.8. The lowest BCUT2D eigenvalue weighted by molar-refractivity contribution is -0.166. The number of aliphatic hydroxyl groups excluding tert-OH is 1. The van der Waals surface area contributed by atoms with Crippen molar-refractivity contribution in [2.24, 2.45) is 11.3 Å². The summed E-state index contributed by atoms with van der Waals surface area (Å²) in [7, 11) is 3.43. The smallest absolute Gasteiger partial charge is 0.238 e. The minimum atomic E-state index is -1.79. The van der Waals surface area contributed by atoms with Crippen LogP contribution >= 0.6 is 23.2 Å². The fraction of sp³-hybridized carbons (Fsp3) is 0.413. The van der Waals surface area contributed by atoms with E-state index in [2.05, 4.69) is 10.6 Å². The molecule has 2 aliphatic carbocycles. The standard InChI is InChI=1S/C46H47Cl2F3N4O4/c1-54(2)42(58)29-13-16-34(17-14-29)52-41(57)39-37(30-19-32(48)21-33(51)20-30)46(35-18-15-31(47)22-36(35)53-43(46)59)45(23-44(24-45,25-49)26-50)55(39)38(27-9-5-3-6-10-27)40(56)28-11-7-4-8-12-28/h3-12,15,18-22,29,34,37-40,56H,13-14,16-17,23-26H2,1-2H3,(H,52,57)(H,53,59)/t29-,34-,37-,38+,39+,40-,46?/m0/s1. The Morgan fingerprint density at radius 3 is 2.10 bits per heavy atom. The molecule has 4 aromatic carbocycles. The fourth-order valence-corrected chi connectivity index (χ4v) is 11.5. The molecule has 13 heteroatoms. The van der Waals surface area contributed by atoms with Gasteiger partial charge < -0.3 is 20.6 Å². The SMILES string of the molecule is CN(C)C(=O)[C@H]1CC[C@H](NC(=O)[C@H]2[C@H](c3cc(F)cc(Cl)c3)C3(C(=O)Nc4cc(Cl)ccc43)C3(CC(CF)(CF)C3)N2[C@H](c2ccccc2)[C@@H](O)c2ccccc2)CC1. The molecule has 5 atom stereocenters. The number of nitrogens with zero attached hydrogens (tertiary/aromatic N) is 2. The van der Waals surface area contributed by atoms with E-state index in [0.717, 1.165) is 6.07 Å². The zero-order chi connectivity index (χ0) is 41.9. The molecule has 2 spiro atoms. The molecule has 2 aliphatic heterocycles. The number of hydrogen-bond donors (Lipinski definition) is 3. The van der Waals surface area contributed by atoms with Gasteiger partial charge in [-0.3, -0.25) is 28.1 Å². The summed E-state index contributed by atoms with van der Waals surface area (Å²) < 4.78 is 46.5. The van der Waals surface area contributed by atoms with Crippen molar-refractivity contribution in [1.82, 2.24) is 15.1 Å². The maximum Gasteiger partial charge on any atom is 0.238 e. The van der Waals surface area contributed by atoms with Crippen molar-refractivity contribution in [3.63, 3.8) is 0 Å². The zero-order valence-electron chi connectivity index (χ0n) is 32.8. The summed E-state index contributed by atoms with van der Waals surface area (Å²) in [5, 5.41) is 19.4. The summed E-state index contributed by atoms with van der Waals surface area (Å²) in [6.45, 7) is -2.08. The van der Waals surface area contributed by atoms with Crippen molar-refractivity contribution in [3.8, 4) is 0 Å². The molecule has 1 unspecified atom stereocenters. The molecule has 8 nitrogen and oxygen atoms in total. The van der Waals surface area contributed by atoms with Gasteiger partial charge in [0.2, 0.25) is 17.7 Å². The van der Waals surface area contributed by atoms with Gasteiger partial charge in [0.15, 0.2) is 0 Å². The van der Waals surface area contributed by atoms with Crippen LogP contribution in [0.15, 0.2) is 97.1 Å². The van der Waals surface area contributed by atoms with Gasteiger partial charge in [-0.05, 0) is 91.1 Å². The van der Waals surface area contributed by atoms with E-state index in [1.165, 1.54) is 12.1 Å². The number of nitrogens with one attached hydrogen (secondary N) is 2. The first-order chi connectivity index (χ1) is 28.3. The van der Waals surface area contributed by atoms with Crippen molar-refractivity contribution in [1.29, 1.82) is 0 Å². The Morgan fingerprint density at radius 2 is 1.51 bits per heavy atom. The third-order valence-electron chi connectivity index (χ3n) is 13.5. The second-order valence-electron chi connectivity index (χ2n) is 17.1. The van der Waals surface area contributed by atoms with E-state index in [0.29, 0.717) is 53.1 Å². The van der Waals surface area contributed by atoms with E-state index in [1.807, 2.05) is 29.2 Å². The Kier molecular flexibility index (Phi) is 11.1. The quantitative estimate of drug-likeness (QED) is 0.149. The first-order valence-corrected chi connectivity index (χ1v) is 20.8. The normalized spacial score (nSPS) is 26.5. The average molecular weight is 848 g/mol. The number of anilines is 1. The van der Waals surface area contributed by atoms with E-state index in [1.54, 1.807) is 73.6 Å². The average Bonchev–Trinajstić information content (AvgIpc) is 3.65. The molecule has 3 fully saturated rings. The summed E-state index contributed by atoms with van der Waals surface area (Å²) in [5.74, 6) is -3.15. The molecule has 2 heterocycles. The van der Waals surface area contributed by atoms with Crippen LogP contribution in [0.4, 0.5) is 18.9 Å².